The highest BCUT2D eigenvalue weighted by molar-refractivity contribution is 9.09. The number of thiophene rings is 1. The molecule has 0 saturated carbocycles. The van der Waals surface area contributed by atoms with Crippen molar-refractivity contribution in [1.29, 1.82) is 0 Å². The number of H-pyrrole nitrogens is 2. The van der Waals surface area contributed by atoms with Gasteiger partial charge in [0.15, 0.2) is 0 Å². The number of aryl methyl sites for hydroxylation is 3. The number of carboxylic acid groups (broad SMARTS) is 3. The molecule has 0 radical (unpaired) electrons. The summed E-state index contributed by atoms with van der Waals surface area (Å²) in [5, 5.41) is 33.5. The number of rotatable bonds is 6. The van der Waals surface area contributed by atoms with Crippen molar-refractivity contribution in [3.63, 3.8) is 0 Å². The van der Waals surface area contributed by atoms with Crippen LogP contribution in [0.4, 0.5) is 0 Å². The number of aromatic carboxylic acids is 1. The van der Waals surface area contributed by atoms with Crippen molar-refractivity contribution in [2.45, 2.75) is 65.2 Å². The Hall–Kier alpha value is -4.81. The Balaban J connectivity index is 0.000000153. The molecular weight excluding hydrogens is 736 g/mol. The van der Waals surface area contributed by atoms with E-state index in [1.165, 1.54) is 77.9 Å². The second-order valence-corrected chi connectivity index (χ2v) is 15.0. The maximum atomic E-state index is 11.6. The SMILES string of the molecule is BrCCc1cc2c3c(ccc2c2ccccc12)CCCC3.CC(C)c1sc2[nH]c(=O)[nH]c(=O)c2c1C(=O)O.CC1(C(=O)O)C=CC=C(C(=O)O)C1. The highest BCUT2D eigenvalue weighted by Crippen LogP contribution is 2.36. The van der Waals surface area contributed by atoms with Crippen LogP contribution in [0.25, 0.3) is 31.8 Å². The van der Waals surface area contributed by atoms with Crippen molar-refractivity contribution < 1.29 is 29.7 Å². The summed E-state index contributed by atoms with van der Waals surface area (Å²) in [6, 6.07) is 16.1. The predicted molar refractivity (Wildman–Crippen MR) is 205 cm³/mol. The van der Waals surface area contributed by atoms with Gasteiger partial charge >= 0.3 is 23.6 Å². The first-order chi connectivity index (χ1) is 24.2. The minimum Gasteiger partial charge on any atom is -0.481 e. The molecule has 2 aliphatic rings. The van der Waals surface area contributed by atoms with Gasteiger partial charge in [0.2, 0.25) is 0 Å². The lowest BCUT2D eigenvalue weighted by Crippen LogP contribution is -2.28. The molecule has 7 rings (SSSR count). The van der Waals surface area contributed by atoms with E-state index in [2.05, 4.69) is 63.4 Å². The minimum atomic E-state index is -1.16. The number of allylic oxidation sites excluding steroid dienone is 2. The monoisotopic (exact) mass is 774 g/mol. The van der Waals surface area contributed by atoms with E-state index in [1.54, 1.807) is 11.1 Å². The summed E-state index contributed by atoms with van der Waals surface area (Å²) >= 11 is 4.74. The Morgan fingerprint density at radius 2 is 1.61 bits per heavy atom. The quantitative estimate of drug-likeness (QED) is 0.0852. The van der Waals surface area contributed by atoms with Crippen LogP contribution >= 0.6 is 27.3 Å². The number of hydrogen-bond donors (Lipinski definition) is 5. The molecule has 1 unspecified atom stereocenters. The van der Waals surface area contributed by atoms with Gasteiger partial charge in [0, 0.05) is 15.8 Å². The number of fused-ring (bicyclic) bond motifs is 6. The van der Waals surface area contributed by atoms with Crippen molar-refractivity contribution in [3.8, 4) is 0 Å². The smallest absolute Gasteiger partial charge is 0.337 e. The fraction of sp³-hybridized carbons (Fsp3) is 0.308. The lowest BCUT2D eigenvalue weighted by Gasteiger charge is -2.23. The molecule has 51 heavy (non-hydrogen) atoms. The Morgan fingerprint density at radius 3 is 2.25 bits per heavy atom. The van der Waals surface area contributed by atoms with Gasteiger partial charge in [-0.3, -0.25) is 19.6 Å². The molecule has 0 saturated heterocycles. The summed E-state index contributed by atoms with van der Waals surface area (Å²) in [5.74, 6) is -3.24. The van der Waals surface area contributed by atoms with Crippen molar-refractivity contribution in [1.82, 2.24) is 9.97 Å². The average molecular weight is 776 g/mol. The molecule has 10 nitrogen and oxygen atoms in total. The lowest BCUT2D eigenvalue weighted by atomic mass is 9.80. The summed E-state index contributed by atoms with van der Waals surface area (Å²) in [4.78, 5) is 60.7. The molecule has 12 heteroatoms. The van der Waals surface area contributed by atoms with E-state index < -0.39 is 34.6 Å². The Kier molecular flexibility index (Phi) is 11.5. The van der Waals surface area contributed by atoms with E-state index in [9.17, 15) is 24.0 Å². The molecule has 0 amide bonds. The number of aliphatic carboxylic acids is 2. The van der Waals surface area contributed by atoms with Gasteiger partial charge in [-0.1, -0.05) is 90.5 Å². The molecule has 1 atom stereocenters. The van der Waals surface area contributed by atoms with Gasteiger partial charge in [-0.2, -0.15) is 0 Å². The molecule has 2 heterocycles. The average Bonchev–Trinajstić information content (AvgIpc) is 3.50. The molecule has 5 aromatic rings. The van der Waals surface area contributed by atoms with Crippen LogP contribution in [0.1, 0.15) is 77.9 Å². The van der Waals surface area contributed by atoms with Crippen molar-refractivity contribution in [2.75, 3.05) is 5.33 Å². The first-order valence-electron chi connectivity index (χ1n) is 16.6. The van der Waals surface area contributed by atoms with Crippen LogP contribution in [-0.4, -0.2) is 48.5 Å². The number of halogens is 1. The molecule has 266 valence electrons. The Labute approximate surface area is 305 Å². The van der Waals surface area contributed by atoms with Gasteiger partial charge < -0.3 is 15.3 Å². The zero-order chi connectivity index (χ0) is 37.0. The van der Waals surface area contributed by atoms with Crippen LogP contribution in [-0.2, 0) is 28.9 Å². The molecule has 2 aromatic heterocycles. The van der Waals surface area contributed by atoms with Crippen molar-refractivity contribution in [3.05, 3.63) is 114 Å². The number of aromatic amines is 2. The number of carbonyl (C=O) groups is 3. The topological polar surface area (TPSA) is 178 Å². The van der Waals surface area contributed by atoms with Crippen LogP contribution in [0, 0.1) is 5.41 Å². The van der Waals surface area contributed by atoms with E-state index >= 15 is 0 Å². The van der Waals surface area contributed by atoms with Crippen LogP contribution in [0.2, 0.25) is 0 Å². The van der Waals surface area contributed by atoms with E-state index in [4.69, 9.17) is 15.3 Å². The summed E-state index contributed by atoms with van der Waals surface area (Å²) in [5.41, 5.74) is 2.41. The highest BCUT2D eigenvalue weighted by atomic mass is 79.9. The molecule has 5 N–H and O–H groups in total. The van der Waals surface area contributed by atoms with E-state index in [1.807, 2.05) is 18.8 Å². The van der Waals surface area contributed by atoms with Crippen LogP contribution in [0.15, 0.2) is 75.9 Å². The van der Waals surface area contributed by atoms with Gasteiger partial charge in [0.1, 0.15) is 4.83 Å². The largest absolute Gasteiger partial charge is 0.481 e. The zero-order valence-corrected chi connectivity index (χ0v) is 30.9. The minimum absolute atomic E-state index is 0.0162. The van der Waals surface area contributed by atoms with Crippen LogP contribution in [0.5, 0.6) is 0 Å². The third-order valence-electron chi connectivity index (χ3n) is 9.26. The lowest BCUT2D eigenvalue weighted by molar-refractivity contribution is -0.145. The summed E-state index contributed by atoms with van der Waals surface area (Å²) in [6.45, 7) is 5.18. The Bertz CT molecular complexity index is 2350. The van der Waals surface area contributed by atoms with Gasteiger partial charge in [0.25, 0.3) is 5.56 Å². The first-order valence-corrected chi connectivity index (χ1v) is 18.6. The number of aromatic nitrogens is 2. The number of benzene rings is 3. The molecule has 0 fully saturated rings. The van der Waals surface area contributed by atoms with Gasteiger partial charge in [0.05, 0.1) is 16.4 Å². The molecule has 0 spiro atoms. The standard InChI is InChI=1S/C20H19Br.C10H10N2O4S.C9H10O4/c21-12-11-15-13-20-16-6-2-1-5-14(16)9-10-19(20)18-8-4-3-7-17(15)18;1-3(2)6-4(9(14)15)5-7(13)11-10(16)12-8(5)17-6;1-9(8(12)13)4-2-3-6(5-9)7(10)11/h3-4,7-10,13H,1-2,5-6,11-12H2;3H,1-2H3,(H,14,15)(H2,11,12,13,16);2-4H,5H2,1H3,(H,10,11)(H,12,13). The molecular formula is C39H39BrN2O8S. The van der Waals surface area contributed by atoms with Crippen molar-refractivity contribution in [2.24, 2.45) is 5.41 Å². The number of nitrogens with one attached hydrogen (secondary N) is 2. The van der Waals surface area contributed by atoms with Gasteiger partial charge in [-0.15, -0.1) is 11.3 Å². The maximum absolute atomic E-state index is 11.6. The third-order valence-corrected chi connectivity index (χ3v) is 11.1. The van der Waals surface area contributed by atoms with Gasteiger partial charge in [-0.25, -0.2) is 14.4 Å². The summed E-state index contributed by atoms with van der Waals surface area (Å²) < 4.78 is 0. The molecule has 3 aromatic carbocycles. The van der Waals surface area contributed by atoms with Gasteiger partial charge in [-0.05, 0) is 89.6 Å². The second-order valence-electron chi connectivity index (χ2n) is 13.2. The summed E-state index contributed by atoms with van der Waals surface area (Å²) in [7, 11) is 0. The normalized spacial score (nSPS) is 16.5. The number of carboxylic acids is 3. The maximum Gasteiger partial charge on any atom is 0.337 e. The predicted octanol–water partition coefficient (Wildman–Crippen LogP) is 7.96. The first kappa shape index (κ1) is 37.4. The van der Waals surface area contributed by atoms with Crippen LogP contribution in [0.3, 0.4) is 0 Å². The highest BCUT2D eigenvalue weighted by Gasteiger charge is 2.34. The number of hydrogen-bond acceptors (Lipinski definition) is 6. The molecule has 0 aliphatic heterocycles. The van der Waals surface area contributed by atoms with E-state index in [-0.39, 0.29) is 28.9 Å². The summed E-state index contributed by atoms with van der Waals surface area (Å²) in [6.07, 6.45) is 10.7. The zero-order valence-electron chi connectivity index (χ0n) is 28.5. The fourth-order valence-corrected chi connectivity index (χ4v) is 8.29. The fourth-order valence-electron chi connectivity index (χ4n) is 6.67. The molecule has 0 bridgehead atoms. The second kappa shape index (κ2) is 15.6. The Morgan fingerprint density at radius 1 is 0.922 bits per heavy atom. The third kappa shape index (κ3) is 7.92. The van der Waals surface area contributed by atoms with Crippen molar-refractivity contribution >= 4 is 76.9 Å². The van der Waals surface area contributed by atoms with E-state index in [0.29, 0.717) is 9.71 Å². The molecule has 2 aliphatic carbocycles. The van der Waals surface area contributed by atoms with Crippen LogP contribution < -0.4 is 11.2 Å². The number of alkyl halides is 1. The van der Waals surface area contributed by atoms with E-state index in [0.717, 1.165) is 23.1 Å².